The van der Waals surface area contributed by atoms with Gasteiger partial charge in [0.15, 0.2) is 0 Å². The molecule has 0 amide bonds. The van der Waals surface area contributed by atoms with Gasteiger partial charge in [-0.25, -0.2) is 8.42 Å². The highest BCUT2D eigenvalue weighted by molar-refractivity contribution is 7.89. The number of benzene rings is 2. The van der Waals surface area contributed by atoms with Crippen LogP contribution in [0.5, 0.6) is 11.5 Å². The van der Waals surface area contributed by atoms with E-state index in [2.05, 4.69) is 4.90 Å². The van der Waals surface area contributed by atoms with Crippen molar-refractivity contribution in [3.8, 4) is 17.6 Å². The fraction of sp³-hybridized carbons (Fsp3) is 0.316. The third kappa shape index (κ3) is 3.84. The topological polar surface area (TPSA) is 82.9 Å². The zero-order valence-electron chi connectivity index (χ0n) is 15.3. The fourth-order valence-corrected chi connectivity index (χ4v) is 4.56. The summed E-state index contributed by atoms with van der Waals surface area (Å²) in [6, 6.07) is 13.7. The lowest BCUT2D eigenvalue weighted by atomic mass is 10.2. The first kappa shape index (κ1) is 19.0. The molecule has 2 aromatic rings. The molecule has 0 bridgehead atoms. The predicted molar refractivity (Wildman–Crippen MR) is 102 cm³/mol. The first-order valence-electron chi connectivity index (χ1n) is 8.47. The standard InChI is InChI=1S/C19H21N3O4S/c1-25-16-6-7-18(19(13-16)26-2)21-8-10-22(11-9-21)27(23,24)17-5-3-4-15(12-17)14-20/h3-7,12-13H,8-11H2,1-2H3. The van der Waals surface area contributed by atoms with E-state index in [9.17, 15) is 8.42 Å². The molecular weight excluding hydrogens is 366 g/mol. The van der Waals surface area contributed by atoms with Crippen LogP contribution < -0.4 is 14.4 Å². The van der Waals surface area contributed by atoms with Crippen LogP contribution in [0.15, 0.2) is 47.4 Å². The number of nitrogens with zero attached hydrogens (tertiary/aromatic N) is 3. The number of rotatable bonds is 5. The third-order valence-corrected chi connectivity index (χ3v) is 6.46. The van der Waals surface area contributed by atoms with E-state index in [1.165, 1.54) is 16.4 Å². The minimum Gasteiger partial charge on any atom is -0.497 e. The molecule has 0 unspecified atom stereocenters. The minimum atomic E-state index is -3.62. The monoisotopic (exact) mass is 387 g/mol. The molecule has 7 nitrogen and oxygen atoms in total. The second kappa shape index (κ2) is 7.86. The molecule has 1 heterocycles. The zero-order chi connectivity index (χ0) is 19.4. The summed E-state index contributed by atoms with van der Waals surface area (Å²) in [5.74, 6) is 1.39. The van der Waals surface area contributed by atoms with E-state index in [0.717, 1.165) is 5.69 Å². The Hall–Kier alpha value is -2.76. The van der Waals surface area contributed by atoms with Crippen LogP contribution in [0.2, 0.25) is 0 Å². The summed E-state index contributed by atoms with van der Waals surface area (Å²) < 4.78 is 37.8. The van der Waals surface area contributed by atoms with Gasteiger partial charge < -0.3 is 14.4 Å². The van der Waals surface area contributed by atoms with Gasteiger partial charge >= 0.3 is 0 Å². The lowest BCUT2D eigenvalue weighted by molar-refractivity contribution is 0.375. The number of nitriles is 1. The summed E-state index contributed by atoms with van der Waals surface area (Å²) in [7, 11) is -0.427. The molecule has 0 aliphatic carbocycles. The van der Waals surface area contributed by atoms with Gasteiger partial charge in [0.25, 0.3) is 0 Å². The summed E-state index contributed by atoms with van der Waals surface area (Å²) in [5, 5.41) is 9.00. The number of piperazine rings is 1. The maximum Gasteiger partial charge on any atom is 0.243 e. The van der Waals surface area contributed by atoms with E-state index in [1.807, 2.05) is 24.3 Å². The van der Waals surface area contributed by atoms with Gasteiger partial charge in [-0.15, -0.1) is 0 Å². The Morgan fingerprint density at radius 1 is 1.00 bits per heavy atom. The normalized spacial score (nSPS) is 15.2. The molecule has 3 rings (SSSR count). The molecule has 1 aliphatic rings. The summed E-state index contributed by atoms with van der Waals surface area (Å²) in [6.07, 6.45) is 0. The fourth-order valence-electron chi connectivity index (χ4n) is 3.09. The van der Waals surface area contributed by atoms with Gasteiger partial charge in [-0.05, 0) is 30.3 Å². The molecule has 1 fully saturated rings. The van der Waals surface area contributed by atoms with Crippen molar-refractivity contribution in [2.24, 2.45) is 0 Å². The van der Waals surface area contributed by atoms with Crippen LogP contribution in [-0.2, 0) is 10.0 Å². The predicted octanol–water partition coefficient (Wildman–Crippen LogP) is 2.09. The number of sulfonamides is 1. The third-order valence-electron chi connectivity index (χ3n) is 4.57. The highest BCUT2D eigenvalue weighted by atomic mass is 32.2. The Labute approximate surface area is 159 Å². The van der Waals surface area contributed by atoms with Gasteiger partial charge in [0.05, 0.1) is 36.4 Å². The summed E-state index contributed by atoms with van der Waals surface area (Å²) in [5.41, 5.74) is 1.24. The average Bonchev–Trinajstić information content (AvgIpc) is 2.73. The number of hydrogen-bond donors (Lipinski definition) is 0. The zero-order valence-corrected chi connectivity index (χ0v) is 16.1. The molecule has 0 saturated carbocycles. The van der Waals surface area contributed by atoms with Crippen molar-refractivity contribution >= 4 is 15.7 Å². The molecule has 0 radical (unpaired) electrons. The largest absolute Gasteiger partial charge is 0.497 e. The Balaban J connectivity index is 1.76. The van der Waals surface area contributed by atoms with Gasteiger partial charge in [-0.3, -0.25) is 0 Å². The lowest BCUT2D eigenvalue weighted by Gasteiger charge is -2.36. The molecule has 0 atom stereocenters. The van der Waals surface area contributed by atoms with Gasteiger partial charge in [-0.1, -0.05) is 6.07 Å². The maximum absolute atomic E-state index is 12.9. The van der Waals surface area contributed by atoms with Gasteiger partial charge in [0, 0.05) is 32.2 Å². The van der Waals surface area contributed by atoms with E-state index in [-0.39, 0.29) is 4.90 Å². The second-order valence-corrected chi connectivity index (χ2v) is 8.01. The first-order chi connectivity index (χ1) is 13.0. The van der Waals surface area contributed by atoms with Crippen LogP contribution in [-0.4, -0.2) is 53.1 Å². The van der Waals surface area contributed by atoms with Gasteiger partial charge in [-0.2, -0.15) is 9.57 Å². The first-order valence-corrected chi connectivity index (χ1v) is 9.91. The molecule has 27 heavy (non-hydrogen) atoms. The number of hydrogen-bond acceptors (Lipinski definition) is 6. The molecule has 0 spiro atoms. The van der Waals surface area contributed by atoms with Crippen molar-refractivity contribution in [2.75, 3.05) is 45.3 Å². The molecule has 2 aromatic carbocycles. The summed E-state index contributed by atoms with van der Waals surface area (Å²) >= 11 is 0. The highest BCUT2D eigenvalue weighted by Gasteiger charge is 2.29. The van der Waals surface area contributed by atoms with Crippen LogP contribution in [0, 0.1) is 11.3 Å². The van der Waals surface area contributed by atoms with Crippen LogP contribution in [0.25, 0.3) is 0 Å². The number of anilines is 1. The lowest BCUT2D eigenvalue weighted by Crippen LogP contribution is -2.48. The molecule has 8 heteroatoms. The number of ether oxygens (including phenoxy) is 2. The van der Waals surface area contributed by atoms with E-state index in [1.54, 1.807) is 26.4 Å². The van der Waals surface area contributed by atoms with E-state index >= 15 is 0 Å². The molecule has 0 N–H and O–H groups in total. The quantitative estimate of drug-likeness (QED) is 0.781. The Bertz CT molecular complexity index is 961. The summed E-state index contributed by atoms with van der Waals surface area (Å²) in [4.78, 5) is 2.24. The van der Waals surface area contributed by atoms with E-state index in [4.69, 9.17) is 14.7 Å². The van der Waals surface area contributed by atoms with Crippen LogP contribution >= 0.6 is 0 Å². The van der Waals surface area contributed by atoms with Crippen LogP contribution in [0.1, 0.15) is 5.56 Å². The Kier molecular flexibility index (Phi) is 5.54. The molecule has 0 aromatic heterocycles. The number of methoxy groups -OCH3 is 2. The molecular formula is C19H21N3O4S. The molecule has 142 valence electrons. The Morgan fingerprint density at radius 2 is 1.74 bits per heavy atom. The molecule has 1 saturated heterocycles. The van der Waals surface area contributed by atoms with Gasteiger partial charge in [0.2, 0.25) is 10.0 Å². The van der Waals surface area contributed by atoms with Crippen molar-refractivity contribution in [2.45, 2.75) is 4.90 Å². The smallest absolute Gasteiger partial charge is 0.243 e. The Morgan fingerprint density at radius 3 is 2.37 bits per heavy atom. The maximum atomic E-state index is 12.9. The minimum absolute atomic E-state index is 0.150. The SMILES string of the molecule is COc1ccc(N2CCN(S(=O)(=O)c3cccc(C#N)c3)CC2)c(OC)c1. The van der Waals surface area contributed by atoms with Crippen molar-refractivity contribution in [3.63, 3.8) is 0 Å². The van der Waals surface area contributed by atoms with Crippen LogP contribution in [0.3, 0.4) is 0 Å². The van der Waals surface area contributed by atoms with Crippen molar-refractivity contribution in [1.82, 2.24) is 4.31 Å². The van der Waals surface area contributed by atoms with Crippen molar-refractivity contribution in [1.29, 1.82) is 5.26 Å². The highest BCUT2D eigenvalue weighted by Crippen LogP contribution is 2.33. The van der Waals surface area contributed by atoms with E-state index < -0.39 is 10.0 Å². The average molecular weight is 387 g/mol. The summed E-state index contributed by atoms with van der Waals surface area (Å²) in [6.45, 7) is 1.79. The van der Waals surface area contributed by atoms with Crippen molar-refractivity contribution < 1.29 is 17.9 Å². The van der Waals surface area contributed by atoms with E-state index in [0.29, 0.717) is 43.2 Å². The van der Waals surface area contributed by atoms with Crippen molar-refractivity contribution in [3.05, 3.63) is 48.0 Å². The molecule has 1 aliphatic heterocycles. The second-order valence-electron chi connectivity index (χ2n) is 6.07. The van der Waals surface area contributed by atoms with Gasteiger partial charge in [0.1, 0.15) is 11.5 Å². The van der Waals surface area contributed by atoms with Crippen LogP contribution in [0.4, 0.5) is 5.69 Å².